The molecule has 3 aromatic rings. The van der Waals surface area contributed by atoms with Gasteiger partial charge in [-0.3, -0.25) is 9.36 Å². The van der Waals surface area contributed by atoms with Crippen LogP contribution in [0.5, 0.6) is 5.75 Å². The highest BCUT2D eigenvalue weighted by molar-refractivity contribution is 7.07. The Hall–Kier alpha value is -3.63. The Morgan fingerprint density at radius 1 is 1.24 bits per heavy atom. The maximum absolute atomic E-state index is 13.8. The Labute approximate surface area is 218 Å². The smallest absolute Gasteiger partial charge is 0.338 e. The lowest BCUT2D eigenvalue weighted by molar-refractivity contribution is -0.880. The highest BCUT2D eigenvalue weighted by Crippen LogP contribution is 2.35. The Kier molecular flexibility index (Phi) is 7.03. The van der Waals surface area contributed by atoms with Crippen LogP contribution in [0.4, 0.5) is 5.88 Å². The van der Waals surface area contributed by atoms with Crippen LogP contribution in [-0.4, -0.2) is 57.5 Å². The molecule has 9 nitrogen and oxygen atoms in total. The lowest BCUT2D eigenvalue weighted by Crippen LogP contribution is -3.12. The molecule has 0 spiro atoms. The molecule has 194 valence electrons. The predicted octanol–water partition coefficient (Wildman–Crippen LogP) is 0.735. The number of carbonyl (C=O) groups excluding carboxylic acids is 1. The van der Waals surface area contributed by atoms with E-state index in [9.17, 15) is 9.59 Å². The summed E-state index contributed by atoms with van der Waals surface area (Å²) in [4.78, 5) is 35.7. The van der Waals surface area contributed by atoms with Crippen molar-refractivity contribution in [2.45, 2.75) is 19.9 Å². The summed E-state index contributed by atoms with van der Waals surface area (Å²) in [6.45, 7) is 7.70. The molecule has 5 rings (SSSR count). The topological polar surface area (TPSA) is 90.7 Å². The van der Waals surface area contributed by atoms with Gasteiger partial charge in [0, 0.05) is 17.7 Å². The van der Waals surface area contributed by atoms with Crippen molar-refractivity contribution in [1.29, 1.82) is 0 Å². The highest BCUT2D eigenvalue weighted by atomic mass is 32.1. The number of carbonyl (C=O) groups is 1. The van der Waals surface area contributed by atoms with E-state index in [1.54, 1.807) is 31.6 Å². The number of ether oxygens (including phenoxy) is 2. The molecule has 1 fully saturated rings. The minimum Gasteiger partial charge on any atom is -0.496 e. The summed E-state index contributed by atoms with van der Waals surface area (Å²) in [5.41, 5.74) is 1.27. The molecule has 1 aromatic carbocycles. The second-order valence-electron chi connectivity index (χ2n) is 9.16. The lowest BCUT2D eigenvalue weighted by Gasteiger charge is -2.29. The molecular formula is C27H31N4O5S+. The number of nitrogens with one attached hydrogen (secondary N) is 1. The summed E-state index contributed by atoms with van der Waals surface area (Å²) < 4.78 is 19.1. The van der Waals surface area contributed by atoms with Gasteiger partial charge in [0.1, 0.15) is 17.6 Å². The number of rotatable bonds is 6. The van der Waals surface area contributed by atoms with Crippen molar-refractivity contribution in [2.24, 2.45) is 4.99 Å². The zero-order valence-corrected chi connectivity index (χ0v) is 22.3. The van der Waals surface area contributed by atoms with Crippen molar-refractivity contribution in [2.75, 3.05) is 51.8 Å². The molecule has 4 heterocycles. The Bertz CT molecular complexity index is 1520. The van der Waals surface area contributed by atoms with Gasteiger partial charge in [-0.25, -0.2) is 9.79 Å². The van der Waals surface area contributed by atoms with E-state index in [1.165, 1.54) is 16.2 Å². The van der Waals surface area contributed by atoms with E-state index in [1.807, 2.05) is 36.4 Å². The number of nitrogens with zero attached hydrogens (tertiary/aromatic N) is 3. The Morgan fingerprint density at radius 2 is 2.00 bits per heavy atom. The summed E-state index contributed by atoms with van der Waals surface area (Å²) in [5, 5.41) is 0. The number of methoxy groups -OCH3 is 1. The number of piperazine rings is 1. The third-order valence-corrected chi connectivity index (χ3v) is 7.75. The molecule has 1 N–H and O–H groups in total. The number of fused-ring (bicyclic) bond motifs is 1. The van der Waals surface area contributed by atoms with Gasteiger partial charge in [0.25, 0.3) is 5.56 Å². The number of likely N-dealkylation sites (N-methyl/N-ethyl adjacent to an activating group) is 1. The summed E-state index contributed by atoms with van der Waals surface area (Å²) in [5.74, 6) is 1.47. The number of benzene rings is 1. The molecule has 0 amide bonds. The number of allylic oxidation sites excluding steroid dienone is 1. The number of thiazole rings is 1. The normalized spacial score (nSPS) is 18.5. The molecule has 2 aliphatic rings. The van der Waals surface area contributed by atoms with E-state index in [-0.39, 0.29) is 12.2 Å². The average Bonchev–Trinajstić information content (AvgIpc) is 3.48. The fraction of sp³-hybridized carbons (Fsp3) is 0.370. The van der Waals surface area contributed by atoms with Crippen LogP contribution in [0.2, 0.25) is 0 Å². The molecule has 0 bridgehead atoms. The average molecular weight is 524 g/mol. The fourth-order valence-electron chi connectivity index (χ4n) is 4.81. The summed E-state index contributed by atoms with van der Waals surface area (Å²) in [7, 11) is 3.76. The molecule has 0 radical (unpaired) electrons. The molecule has 0 aliphatic carbocycles. The summed E-state index contributed by atoms with van der Waals surface area (Å²) >= 11 is 1.27. The van der Waals surface area contributed by atoms with Gasteiger partial charge in [-0.2, -0.15) is 0 Å². The quantitative estimate of drug-likeness (QED) is 0.480. The van der Waals surface area contributed by atoms with E-state index < -0.39 is 12.0 Å². The minimum absolute atomic E-state index is 0.216. The molecule has 0 saturated carbocycles. The predicted molar refractivity (Wildman–Crippen MR) is 141 cm³/mol. The molecule has 1 saturated heterocycles. The van der Waals surface area contributed by atoms with Crippen LogP contribution < -0.4 is 29.4 Å². The summed E-state index contributed by atoms with van der Waals surface area (Å²) in [6.07, 6.45) is 1.75. The first-order valence-electron chi connectivity index (χ1n) is 12.4. The lowest BCUT2D eigenvalue weighted by atomic mass is 9.95. The van der Waals surface area contributed by atoms with E-state index >= 15 is 0 Å². The first-order valence-corrected chi connectivity index (χ1v) is 13.2. The monoisotopic (exact) mass is 523 g/mol. The minimum atomic E-state index is -0.728. The van der Waals surface area contributed by atoms with Crippen LogP contribution in [0.25, 0.3) is 6.08 Å². The number of anilines is 1. The number of quaternary nitrogens is 1. The standard InChI is InChI=1S/C27H30N4O5S/c1-5-35-26(33)23-17(2)28-27-31(24(23)19-8-6-7-9-20(19)34-4)25(32)21(37-27)16-18-10-11-22(36-18)30-14-12-29(3)13-15-30/h6-11,16,24H,5,12-15H2,1-4H3/p+1/b21-16+/t24-/m1/s1. The zero-order valence-electron chi connectivity index (χ0n) is 21.4. The number of furan rings is 1. The molecule has 0 unspecified atom stereocenters. The maximum atomic E-state index is 13.8. The highest BCUT2D eigenvalue weighted by Gasteiger charge is 2.35. The van der Waals surface area contributed by atoms with Gasteiger partial charge in [0.15, 0.2) is 10.7 Å². The van der Waals surface area contributed by atoms with Gasteiger partial charge < -0.3 is 23.7 Å². The van der Waals surface area contributed by atoms with E-state index in [0.717, 1.165) is 32.1 Å². The van der Waals surface area contributed by atoms with Gasteiger partial charge in [-0.15, -0.1) is 0 Å². The van der Waals surface area contributed by atoms with Gasteiger partial charge in [-0.1, -0.05) is 29.5 Å². The number of esters is 1. The van der Waals surface area contributed by atoms with Crippen LogP contribution in [0.15, 0.2) is 61.9 Å². The fourth-order valence-corrected chi connectivity index (χ4v) is 5.83. The van der Waals surface area contributed by atoms with Crippen LogP contribution in [0.1, 0.15) is 31.2 Å². The van der Waals surface area contributed by atoms with Crippen LogP contribution in [-0.2, 0) is 9.53 Å². The van der Waals surface area contributed by atoms with Crippen LogP contribution >= 0.6 is 11.3 Å². The third-order valence-electron chi connectivity index (χ3n) is 6.77. The van der Waals surface area contributed by atoms with E-state index in [0.29, 0.717) is 37.7 Å². The first-order chi connectivity index (χ1) is 17.9. The molecule has 2 aliphatic heterocycles. The molecule has 37 heavy (non-hydrogen) atoms. The van der Waals surface area contributed by atoms with E-state index in [4.69, 9.17) is 13.9 Å². The van der Waals surface area contributed by atoms with Gasteiger partial charge >= 0.3 is 5.97 Å². The van der Waals surface area contributed by atoms with Gasteiger partial charge in [0.2, 0.25) is 0 Å². The first kappa shape index (κ1) is 25.0. The number of hydrogen-bond donors (Lipinski definition) is 1. The Morgan fingerprint density at radius 3 is 2.73 bits per heavy atom. The third kappa shape index (κ3) is 4.74. The molecular weight excluding hydrogens is 492 g/mol. The van der Waals surface area contributed by atoms with Crippen molar-refractivity contribution in [1.82, 2.24) is 4.57 Å². The van der Waals surface area contributed by atoms with E-state index in [2.05, 4.69) is 16.9 Å². The summed E-state index contributed by atoms with van der Waals surface area (Å²) in [6, 6.07) is 10.5. The van der Waals surface area contributed by atoms with Crippen LogP contribution in [0.3, 0.4) is 0 Å². The molecule has 10 heteroatoms. The zero-order chi connectivity index (χ0) is 26.1. The van der Waals surface area contributed by atoms with Crippen molar-refractivity contribution in [3.05, 3.63) is 78.7 Å². The van der Waals surface area contributed by atoms with Crippen LogP contribution in [0, 0.1) is 0 Å². The second kappa shape index (κ2) is 10.4. The SMILES string of the molecule is CCOC(=O)C1=C(C)N=c2s/c(=C/c3ccc(N4CC[NH+](C)CC4)o3)c(=O)n2[C@@H]1c1ccccc1OC. The van der Waals surface area contributed by atoms with Crippen molar-refractivity contribution < 1.29 is 23.6 Å². The van der Waals surface area contributed by atoms with Crippen molar-refractivity contribution in [3.63, 3.8) is 0 Å². The van der Waals surface area contributed by atoms with Crippen molar-refractivity contribution >= 4 is 29.3 Å². The van der Waals surface area contributed by atoms with Gasteiger partial charge in [-0.05, 0) is 26.0 Å². The largest absolute Gasteiger partial charge is 0.496 e. The molecule has 1 atom stereocenters. The second-order valence-corrected chi connectivity index (χ2v) is 10.2. The Balaban J connectivity index is 1.61. The van der Waals surface area contributed by atoms with Crippen molar-refractivity contribution in [3.8, 4) is 5.75 Å². The molecule has 2 aromatic heterocycles. The number of para-hydroxylation sites is 1. The van der Waals surface area contributed by atoms with Gasteiger partial charge in [0.05, 0.1) is 62.7 Å². The maximum Gasteiger partial charge on any atom is 0.338 e. The number of hydrogen-bond acceptors (Lipinski definition) is 8. The number of aromatic nitrogens is 1.